The second kappa shape index (κ2) is 7.06. The summed E-state index contributed by atoms with van der Waals surface area (Å²) in [5, 5.41) is 4.08. The van der Waals surface area contributed by atoms with Crippen LogP contribution in [-0.4, -0.2) is 16.0 Å². The van der Waals surface area contributed by atoms with E-state index in [1.165, 1.54) is 12.5 Å². The molecule has 0 aliphatic heterocycles. The minimum atomic E-state index is -1.48. The van der Waals surface area contributed by atoms with Gasteiger partial charge in [-0.25, -0.2) is 18.2 Å². The molecule has 0 unspecified atom stereocenters. The number of nitrogens with one attached hydrogen (secondary N) is 1. The topological polar surface area (TPSA) is 63.8 Å². The van der Waals surface area contributed by atoms with Gasteiger partial charge in [-0.1, -0.05) is 25.3 Å². The number of aromatic nitrogens is 2. The molecule has 0 radical (unpaired) electrons. The number of nitrogen functional groups attached to an aromatic ring is 1. The van der Waals surface area contributed by atoms with Crippen LogP contribution in [0.2, 0.25) is 0 Å². The Bertz CT molecular complexity index is 1000. The summed E-state index contributed by atoms with van der Waals surface area (Å²) in [6.45, 7) is 0. The van der Waals surface area contributed by atoms with E-state index in [-0.39, 0.29) is 11.5 Å². The van der Waals surface area contributed by atoms with Crippen LogP contribution in [0.5, 0.6) is 0 Å². The van der Waals surface area contributed by atoms with Gasteiger partial charge in [-0.3, -0.25) is 0 Å². The average molecular weight is 372 g/mol. The van der Waals surface area contributed by atoms with E-state index in [0.717, 1.165) is 31.7 Å². The molecule has 140 valence electrons. The zero-order chi connectivity index (χ0) is 19.0. The van der Waals surface area contributed by atoms with Gasteiger partial charge in [0.1, 0.15) is 5.82 Å². The SMILES string of the molecule is Nc1nc(NC2CCCCC2)c2cc(-c3ccc(F)c(F)c3F)ccc2n1. The Labute approximate surface area is 154 Å². The molecule has 27 heavy (non-hydrogen) atoms. The Kier molecular flexibility index (Phi) is 4.59. The highest BCUT2D eigenvalue weighted by Gasteiger charge is 2.18. The summed E-state index contributed by atoms with van der Waals surface area (Å²) in [6, 6.07) is 7.39. The van der Waals surface area contributed by atoms with Crippen LogP contribution >= 0.6 is 0 Å². The second-order valence-electron chi connectivity index (χ2n) is 6.86. The predicted molar refractivity (Wildman–Crippen MR) is 99.8 cm³/mol. The number of hydrogen-bond donors (Lipinski definition) is 2. The molecule has 3 aromatic rings. The van der Waals surface area contributed by atoms with Gasteiger partial charge in [0.2, 0.25) is 5.95 Å². The van der Waals surface area contributed by atoms with Gasteiger partial charge in [0, 0.05) is 17.0 Å². The third-order valence-electron chi connectivity index (χ3n) is 5.01. The Morgan fingerprint density at radius 1 is 0.926 bits per heavy atom. The normalized spacial score (nSPS) is 15.2. The summed E-state index contributed by atoms with van der Waals surface area (Å²) >= 11 is 0. The number of benzene rings is 2. The first-order valence-electron chi connectivity index (χ1n) is 9.00. The molecule has 1 heterocycles. The zero-order valence-electron chi connectivity index (χ0n) is 14.6. The summed E-state index contributed by atoms with van der Waals surface area (Å²) in [7, 11) is 0. The first-order valence-corrected chi connectivity index (χ1v) is 9.00. The highest BCUT2D eigenvalue weighted by Crippen LogP contribution is 2.32. The lowest BCUT2D eigenvalue weighted by Gasteiger charge is -2.24. The van der Waals surface area contributed by atoms with Gasteiger partial charge in [0.15, 0.2) is 17.5 Å². The molecule has 0 bridgehead atoms. The molecule has 2 aromatic carbocycles. The Morgan fingerprint density at radius 2 is 1.70 bits per heavy atom. The molecule has 0 atom stereocenters. The first kappa shape index (κ1) is 17.6. The number of fused-ring (bicyclic) bond motifs is 1. The molecule has 0 amide bonds. The molecule has 4 rings (SSSR count). The van der Waals surface area contributed by atoms with Crippen LogP contribution < -0.4 is 11.1 Å². The standard InChI is InChI=1S/C20H19F3N4/c21-15-8-7-13(17(22)18(15)23)11-6-9-16-14(10-11)19(27-20(24)26-16)25-12-4-2-1-3-5-12/h6-10,12H,1-5H2,(H3,24,25,26,27). The van der Waals surface area contributed by atoms with Gasteiger partial charge in [-0.05, 0) is 42.7 Å². The van der Waals surface area contributed by atoms with Crippen molar-refractivity contribution in [3.63, 3.8) is 0 Å². The van der Waals surface area contributed by atoms with E-state index >= 15 is 0 Å². The Morgan fingerprint density at radius 3 is 2.48 bits per heavy atom. The second-order valence-corrected chi connectivity index (χ2v) is 6.86. The fourth-order valence-electron chi connectivity index (χ4n) is 3.61. The first-order chi connectivity index (χ1) is 13.0. The molecule has 1 aromatic heterocycles. The van der Waals surface area contributed by atoms with Gasteiger partial charge in [0.05, 0.1) is 5.52 Å². The van der Waals surface area contributed by atoms with Gasteiger partial charge in [-0.15, -0.1) is 0 Å². The van der Waals surface area contributed by atoms with Crippen LogP contribution in [0, 0.1) is 17.5 Å². The number of nitrogens with zero attached hydrogens (tertiary/aromatic N) is 2. The molecule has 1 fully saturated rings. The van der Waals surface area contributed by atoms with E-state index in [4.69, 9.17) is 5.73 Å². The quantitative estimate of drug-likeness (QED) is 0.632. The lowest BCUT2D eigenvalue weighted by atomic mass is 9.95. The fraction of sp³-hybridized carbons (Fsp3) is 0.300. The molecule has 1 aliphatic carbocycles. The van der Waals surface area contributed by atoms with Crippen molar-refractivity contribution < 1.29 is 13.2 Å². The molecule has 3 N–H and O–H groups in total. The number of rotatable bonds is 3. The Hall–Kier alpha value is -2.83. The van der Waals surface area contributed by atoms with Gasteiger partial charge < -0.3 is 11.1 Å². The Balaban J connectivity index is 1.80. The van der Waals surface area contributed by atoms with Crippen LogP contribution in [0.15, 0.2) is 30.3 Å². The van der Waals surface area contributed by atoms with Crippen LogP contribution in [0.4, 0.5) is 24.9 Å². The van der Waals surface area contributed by atoms with Crippen molar-refractivity contribution in [1.29, 1.82) is 0 Å². The number of hydrogen-bond acceptors (Lipinski definition) is 4. The van der Waals surface area contributed by atoms with Crippen LogP contribution in [0.25, 0.3) is 22.0 Å². The highest BCUT2D eigenvalue weighted by molar-refractivity contribution is 5.93. The lowest BCUT2D eigenvalue weighted by molar-refractivity contribution is 0.449. The summed E-state index contributed by atoms with van der Waals surface area (Å²) < 4.78 is 41.1. The van der Waals surface area contributed by atoms with Crippen molar-refractivity contribution in [2.75, 3.05) is 11.1 Å². The van der Waals surface area contributed by atoms with E-state index in [2.05, 4.69) is 15.3 Å². The van der Waals surface area contributed by atoms with Gasteiger partial charge in [0.25, 0.3) is 0 Å². The zero-order valence-corrected chi connectivity index (χ0v) is 14.6. The van der Waals surface area contributed by atoms with Crippen molar-refractivity contribution in [1.82, 2.24) is 9.97 Å². The average Bonchev–Trinajstić information content (AvgIpc) is 2.67. The van der Waals surface area contributed by atoms with Crippen molar-refractivity contribution in [2.45, 2.75) is 38.1 Å². The summed E-state index contributed by atoms with van der Waals surface area (Å²) in [5.74, 6) is -3.19. The summed E-state index contributed by atoms with van der Waals surface area (Å²) in [6.07, 6.45) is 5.62. The van der Waals surface area contributed by atoms with E-state index in [1.807, 2.05) is 0 Å². The third-order valence-corrected chi connectivity index (χ3v) is 5.01. The van der Waals surface area contributed by atoms with Crippen molar-refractivity contribution in [3.8, 4) is 11.1 Å². The minimum Gasteiger partial charge on any atom is -0.368 e. The van der Waals surface area contributed by atoms with Crippen LogP contribution in [0.1, 0.15) is 32.1 Å². The number of halogens is 3. The molecular formula is C20H19F3N4. The number of anilines is 2. The van der Waals surface area contributed by atoms with E-state index in [1.54, 1.807) is 18.2 Å². The smallest absolute Gasteiger partial charge is 0.222 e. The van der Waals surface area contributed by atoms with E-state index in [0.29, 0.717) is 28.3 Å². The molecule has 0 spiro atoms. The van der Waals surface area contributed by atoms with E-state index < -0.39 is 17.5 Å². The number of nitrogens with two attached hydrogens (primary N) is 1. The molecular weight excluding hydrogens is 353 g/mol. The maximum absolute atomic E-state index is 14.2. The highest BCUT2D eigenvalue weighted by atomic mass is 19.2. The van der Waals surface area contributed by atoms with Gasteiger partial charge in [-0.2, -0.15) is 4.98 Å². The molecule has 7 heteroatoms. The molecule has 0 saturated heterocycles. The third kappa shape index (κ3) is 3.41. The molecule has 4 nitrogen and oxygen atoms in total. The summed E-state index contributed by atoms with van der Waals surface area (Å²) in [5.41, 5.74) is 6.83. The molecule has 1 saturated carbocycles. The van der Waals surface area contributed by atoms with Gasteiger partial charge >= 0.3 is 0 Å². The monoisotopic (exact) mass is 372 g/mol. The predicted octanol–water partition coefficient (Wildman–Crippen LogP) is 5.04. The largest absolute Gasteiger partial charge is 0.368 e. The molecule has 1 aliphatic rings. The fourth-order valence-corrected chi connectivity index (χ4v) is 3.61. The van der Waals surface area contributed by atoms with E-state index in [9.17, 15) is 13.2 Å². The maximum Gasteiger partial charge on any atom is 0.222 e. The summed E-state index contributed by atoms with van der Waals surface area (Å²) in [4.78, 5) is 8.53. The van der Waals surface area contributed by atoms with Crippen LogP contribution in [0.3, 0.4) is 0 Å². The van der Waals surface area contributed by atoms with Crippen LogP contribution in [-0.2, 0) is 0 Å². The minimum absolute atomic E-state index is 0.0174. The van der Waals surface area contributed by atoms with Crippen molar-refractivity contribution >= 4 is 22.7 Å². The van der Waals surface area contributed by atoms with Crippen molar-refractivity contribution in [2.24, 2.45) is 0 Å². The maximum atomic E-state index is 14.2. The lowest BCUT2D eigenvalue weighted by Crippen LogP contribution is -2.23. The van der Waals surface area contributed by atoms with Crippen molar-refractivity contribution in [3.05, 3.63) is 47.8 Å².